The maximum absolute atomic E-state index is 12.2. The standard InChI is InChI=1S/C20H20N2O4/c1-14-6-5-9-17(10-14)22-12-15(11-19(22)24)20(25)26-13-18(23)21-16-7-3-2-4-8-16/h2-10,15H,11-13H2,1H3,(H,21,23)/t15-/m0/s1. The molecule has 6 nitrogen and oxygen atoms in total. The lowest BCUT2D eigenvalue weighted by atomic mass is 10.1. The molecule has 0 saturated carbocycles. The number of benzene rings is 2. The SMILES string of the molecule is Cc1cccc(N2C[C@@H](C(=O)OCC(=O)Nc3ccccc3)CC2=O)c1. The van der Waals surface area contributed by atoms with Crippen molar-refractivity contribution in [2.75, 3.05) is 23.4 Å². The largest absolute Gasteiger partial charge is 0.455 e. The number of nitrogens with zero attached hydrogens (tertiary/aromatic N) is 1. The minimum atomic E-state index is -0.562. The maximum atomic E-state index is 12.2. The lowest BCUT2D eigenvalue weighted by Crippen LogP contribution is -2.28. The second kappa shape index (κ2) is 7.82. The predicted octanol–water partition coefficient (Wildman–Crippen LogP) is 2.53. The lowest BCUT2D eigenvalue weighted by molar-refractivity contribution is -0.151. The number of esters is 1. The number of rotatable bonds is 5. The Balaban J connectivity index is 1.52. The number of aryl methyl sites for hydroxylation is 1. The van der Waals surface area contributed by atoms with Crippen molar-refractivity contribution in [1.29, 1.82) is 0 Å². The van der Waals surface area contributed by atoms with E-state index in [-0.39, 0.29) is 25.5 Å². The number of nitrogens with one attached hydrogen (secondary N) is 1. The minimum absolute atomic E-state index is 0.0904. The smallest absolute Gasteiger partial charge is 0.311 e. The van der Waals surface area contributed by atoms with Gasteiger partial charge in [-0.2, -0.15) is 0 Å². The van der Waals surface area contributed by atoms with Gasteiger partial charge in [-0.1, -0.05) is 30.3 Å². The second-order valence-corrected chi connectivity index (χ2v) is 6.27. The van der Waals surface area contributed by atoms with Gasteiger partial charge in [0, 0.05) is 24.3 Å². The highest BCUT2D eigenvalue weighted by Gasteiger charge is 2.36. The van der Waals surface area contributed by atoms with E-state index < -0.39 is 17.8 Å². The van der Waals surface area contributed by atoms with E-state index in [4.69, 9.17) is 4.74 Å². The zero-order chi connectivity index (χ0) is 18.5. The molecule has 26 heavy (non-hydrogen) atoms. The fourth-order valence-corrected chi connectivity index (χ4v) is 2.88. The highest BCUT2D eigenvalue weighted by atomic mass is 16.5. The summed E-state index contributed by atoms with van der Waals surface area (Å²) in [6, 6.07) is 16.5. The number of para-hydroxylation sites is 1. The van der Waals surface area contributed by atoms with E-state index in [2.05, 4.69) is 5.32 Å². The normalized spacial score (nSPS) is 16.4. The van der Waals surface area contributed by atoms with E-state index in [1.165, 1.54) is 0 Å². The molecule has 3 rings (SSSR count). The van der Waals surface area contributed by atoms with Crippen LogP contribution < -0.4 is 10.2 Å². The van der Waals surface area contributed by atoms with E-state index in [1.54, 1.807) is 29.2 Å². The van der Waals surface area contributed by atoms with E-state index >= 15 is 0 Å². The van der Waals surface area contributed by atoms with Crippen LogP contribution in [0.5, 0.6) is 0 Å². The Kier molecular flexibility index (Phi) is 5.31. The van der Waals surface area contributed by atoms with Crippen LogP contribution in [0.3, 0.4) is 0 Å². The average molecular weight is 352 g/mol. The molecule has 0 spiro atoms. The molecule has 2 aromatic carbocycles. The molecule has 6 heteroatoms. The first-order valence-electron chi connectivity index (χ1n) is 8.41. The van der Waals surface area contributed by atoms with Crippen molar-refractivity contribution in [2.45, 2.75) is 13.3 Å². The van der Waals surface area contributed by atoms with E-state index in [0.717, 1.165) is 11.3 Å². The summed E-state index contributed by atoms with van der Waals surface area (Å²) in [6.07, 6.45) is 0.0904. The number of carbonyl (C=O) groups is 3. The first kappa shape index (κ1) is 17.7. The Labute approximate surface area is 151 Å². The molecular weight excluding hydrogens is 332 g/mol. The third-order valence-corrected chi connectivity index (χ3v) is 4.17. The molecule has 0 aliphatic carbocycles. The summed E-state index contributed by atoms with van der Waals surface area (Å²) in [5.74, 6) is -1.63. The van der Waals surface area contributed by atoms with Gasteiger partial charge < -0.3 is 15.0 Å². The summed E-state index contributed by atoms with van der Waals surface area (Å²) in [6.45, 7) is 1.84. The Bertz CT molecular complexity index is 820. The van der Waals surface area contributed by atoms with Crippen LogP contribution in [0.15, 0.2) is 54.6 Å². The van der Waals surface area contributed by atoms with Crippen molar-refractivity contribution >= 4 is 29.2 Å². The quantitative estimate of drug-likeness (QED) is 0.839. The van der Waals surface area contributed by atoms with Gasteiger partial charge in [0.15, 0.2) is 6.61 Å². The highest BCUT2D eigenvalue weighted by Crippen LogP contribution is 2.26. The topological polar surface area (TPSA) is 75.7 Å². The number of anilines is 2. The molecule has 0 unspecified atom stereocenters. The Hall–Kier alpha value is -3.15. The summed E-state index contributed by atoms with van der Waals surface area (Å²) in [4.78, 5) is 37.9. The second-order valence-electron chi connectivity index (χ2n) is 6.27. The average Bonchev–Trinajstić information content (AvgIpc) is 3.02. The Morgan fingerprint density at radius 2 is 1.92 bits per heavy atom. The summed E-state index contributed by atoms with van der Waals surface area (Å²) in [5, 5.41) is 2.64. The molecule has 1 fully saturated rings. The van der Waals surface area contributed by atoms with Crippen LogP contribution in [0, 0.1) is 12.8 Å². The monoisotopic (exact) mass is 352 g/mol. The molecule has 0 radical (unpaired) electrons. The molecule has 1 saturated heterocycles. The molecule has 1 heterocycles. The van der Waals surface area contributed by atoms with Gasteiger partial charge in [0.2, 0.25) is 5.91 Å². The lowest BCUT2D eigenvalue weighted by Gasteiger charge is -2.17. The number of amides is 2. The van der Waals surface area contributed by atoms with Crippen LogP contribution in [0.4, 0.5) is 11.4 Å². The van der Waals surface area contributed by atoms with Gasteiger partial charge in [0.25, 0.3) is 5.91 Å². The van der Waals surface area contributed by atoms with Gasteiger partial charge in [-0.05, 0) is 36.8 Å². The molecule has 1 aliphatic rings. The van der Waals surface area contributed by atoms with Gasteiger partial charge in [-0.25, -0.2) is 0 Å². The van der Waals surface area contributed by atoms with Gasteiger partial charge in [0.05, 0.1) is 5.92 Å². The van der Waals surface area contributed by atoms with Crippen LogP contribution in [0.2, 0.25) is 0 Å². The predicted molar refractivity (Wildman–Crippen MR) is 97.7 cm³/mol. The van der Waals surface area contributed by atoms with Gasteiger partial charge in [-0.15, -0.1) is 0 Å². The van der Waals surface area contributed by atoms with Crippen LogP contribution in [0.1, 0.15) is 12.0 Å². The van der Waals surface area contributed by atoms with Crippen molar-refractivity contribution in [3.05, 3.63) is 60.2 Å². The Morgan fingerprint density at radius 3 is 2.65 bits per heavy atom. The zero-order valence-electron chi connectivity index (χ0n) is 14.5. The number of hydrogen-bond donors (Lipinski definition) is 1. The third-order valence-electron chi connectivity index (χ3n) is 4.17. The van der Waals surface area contributed by atoms with Crippen molar-refractivity contribution in [2.24, 2.45) is 5.92 Å². The molecule has 0 aromatic heterocycles. The molecule has 2 amide bonds. The highest BCUT2D eigenvalue weighted by molar-refractivity contribution is 6.00. The van der Waals surface area contributed by atoms with Gasteiger partial charge in [0.1, 0.15) is 0 Å². The summed E-state index contributed by atoms with van der Waals surface area (Å²) >= 11 is 0. The maximum Gasteiger partial charge on any atom is 0.311 e. The van der Waals surface area contributed by atoms with Crippen LogP contribution in [-0.2, 0) is 19.1 Å². The zero-order valence-corrected chi connectivity index (χ0v) is 14.5. The Morgan fingerprint density at radius 1 is 1.15 bits per heavy atom. The minimum Gasteiger partial charge on any atom is -0.455 e. The summed E-state index contributed by atoms with van der Waals surface area (Å²) in [5.41, 5.74) is 2.45. The van der Waals surface area contributed by atoms with Crippen molar-refractivity contribution in [3.63, 3.8) is 0 Å². The molecule has 134 valence electrons. The van der Waals surface area contributed by atoms with Crippen LogP contribution in [-0.4, -0.2) is 30.9 Å². The fourth-order valence-electron chi connectivity index (χ4n) is 2.88. The molecule has 1 N–H and O–H groups in total. The number of carbonyl (C=O) groups excluding carboxylic acids is 3. The summed E-state index contributed by atoms with van der Waals surface area (Å²) in [7, 11) is 0. The summed E-state index contributed by atoms with van der Waals surface area (Å²) < 4.78 is 5.09. The van der Waals surface area contributed by atoms with Gasteiger partial charge in [-0.3, -0.25) is 14.4 Å². The molecule has 2 aromatic rings. The molecule has 1 aliphatic heterocycles. The third kappa shape index (κ3) is 4.27. The van der Waals surface area contributed by atoms with E-state index in [1.807, 2.05) is 37.3 Å². The molecular formula is C20H20N2O4. The van der Waals surface area contributed by atoms with Crippen molar-refractivity contribution in [3.8, 4) is 0 Å². The number of ether oxygens (including phenoxy) is 1. The first-order chi connectivity index (χ1) is 12.5. The fraction of sp³-hybridized carbons (Fsp3) is 0.250. The van der Waals surface area contributed by atoms with Crippen LogP contribution >= 0.6 is 0 Å². The van der Waals surface area contributed by atoms with E-state index in [0.29, 0.717) is 5.69 Å². The van der Waals surface area contributed by atoms with E-state index in [9.17, 15) is 14.4 Å². The molecule has 1 atom stereocenters. The van der Waals surface area contributed by atoms with Crippen molar-refractivity contribution < 1.29 is 19.1 Å². The molecule has 0 bridgehead atoms. The first-order valence-corrected chi connectivity index (χ1v) is 8.41. The number of hydrogen-bond acceptors (Lipinski definition) is 4. The van der Waals surface area contributed by atoms with Crippen LogP contribution in [0.25, 0.3) is 0 Å². The van der Waals surface area contributed by atoms with Gasteiger partial charge >= 0.3 is 5.97 Å². The van der Waals surface area contributed by atoms with Crippen molar-refractivity contribution in [1.82, 2.24) is 0 Å².